The van der Waals surface area contributed by atoms with Gasteiger partial charge in [-0.1, -0.05) is 12.1 Å². The molecule has 1 heterocycles. The Kier molecular flexibility index (Phi) is 2.14. The van der Waals surface area contributed by atoms with Gasteiger partial charge in [0.15, 0.2) is 5.82 Å². The summed E-state index contributed by atoms with van der Waals surface area (Å²) in [7, 11) is 0. The van der Waals surface area contributed by atoms with Crippen molar-refractivity contribution in [2.24, 2.45) is 0 Å². The van der Waals surface area contributed by atoms with E-state index in [4.69, 9.17) is 0 Å². The summed E-state index contributed by atoms with van der Waals surface area (Å²) in [6.45, 7) is 1.89. The number of aromatic hydroxyl groups is 1. The van der Waals surface area contributed by atoms with Gasteiger partial charge in [0.05, 0.1) is 5.56 Å². The molecule has 0 aliphatic heterocycles. The van der Waals surface area contributed by atoms with Crippen molar-refractivity contribution in [1.29, 1.82) is 0 Å². The van der Waals surface area contributed by atoms with E-state index in [2.05, 4.69) is 9.97 Å². The Morgan fingerprint density at radius 1 is 1.14 bits per heavy atom. The number of aryl methyl sites for hydroxylation is 1. The zero-order valence-corrected chi connectivity index (χ0v) is 7.81. The van der Waals surface area contributed by atoms with Gasteiger partial charge in [-0.25, -0.2) is 9.97 Å². The van der Waals surface area contributed by atoms with Crippen molar-refractivity contribution >= 4 is 0 Å². The van der Waals surface area contributed by atoms with Crippen LogP contribution in [0.15, 0.2) is 36.5 Å². The first-order chi connectivity index (χ1) is 6.77. The summed E-state index contributed by atoms with van der Waals surface area (Å²) < 4.78 is 0. The SMILES string of the molecule is Cc1ccnc(-c2ccccc2O)n1. The minimum absolute atomic E-state index is 0.207. The van der Waals surface area contributed by atoms with Crippen LogP contribution in [0, 0.1) is 6.92 Å². The molecule has 0 aliphatic rings. The number of aromatic nitrogens is 2. The summed E-state index contributed by atoms with van der Waals surface area (Å²) in [4.78, 5) is 8.33. The molecule has 14 heavy (non-hydrogen) atoms. The third-order valence-electron chi connectivity index (χ3n) is 1.94. The highest BCUT2D eigenvalue weighted by Crippen LogP contribution is 2.24. The molecule has 0 atom stereocenters. The first-order valence-corrected chi connectivity index (χ1v) is 4.35. The Balaban J connectivity index is 2.55. The molecule has 0 bridgehead atoms. The van der Waals surface area contributed by atoms with E-state index in [9.17, 15) is 5.11 Å². The summed E-state index contributed by atoms with van der Waals surface area (Å²) in [5.74, 6) is 0.765. The average Bonchev–Trinajstić information content (AvgIpc) is 2.18. The Bertz CT molecular complexity index is 455. The van der Waals surface area contributed by atoms with E-state index in [-0.39, 0.29) is 5.75 Å². The monoisotopic (exact) mass is 186 g/mol. The van der Waals surface area contributed by atoms with E-state index >= 15 is 0 Å². The molecule has 0 saturated heterocycles. The molecule has 3 nitrogen and oxygen atoms in total. The molecule has 0 amide bonds. The second kappa shape index (κ2) is 3.46. The number of rotatable bonds is 1. The predicted octanol–water partition coefficient (Wildman–Crippen LogP) is 2.16. The van der Waals surface area contributed by atoms with E-state index in [0.29, 0.717) is 11.4 Å². The van der Waals surface area contributed by atoms with E-state index in [1.54, 1.807) is 24.4 Å². The van der Waals surface area contributed by atoms with E-state index in [0.717, 1.165) is 5.69 Å². The number of phenolic OH excluding ortho intramolecular Hbond substituents is 1. The highest BCUT2D eigenvalue weighted by atomic mass is 16.3. The smallest absolute Gasteiger partial charge is 0.163 e. The first kappa shape index (κ1) is 8.69. The molecule has 2 rings (SSSR count). The maximum atomic E-state index is 9.57. The van der Waals surface area contributed by atoms with Gasteiger partial charge in [-0.2, -0.15) is 0 Å². The fourth-order valence-electron chi connectivity index (χ4n) is 1.24. The van der Waals surface area contributed by atoms with Crippen LogP contribution in [0.5, 0.6) is 5.75 Å². The Hall–Kier alpha value is -1.90. The summed E-state index contributed by atoms with van der Waals surface area (Å²) in [5, 5.41) is 9.57. The number of phenols is 1. The van der Waals surface area contributed by atoms with Gasteiger partial charge < -0.3 is 5.11 Å². The number of benzene rings is 1. The van der Waals surface area contributed by atoms with Gasteiger partial charge in [0.25, 0.3) is 0 Å². The second-order valence-electron chi connectivity index (χ2n) is 3.04. The second-order valence-corrected chi connectivity index (χ2v) is 3.04. The minimum atomic E-state index is 0.207. The topological polar surface area (TPSA) is 46.0 Å². The molecule has 2 aromatic rings. The van der Waals surface area contributed by atoms with E-state index < -0.39 is 0 Å². The third-order valence-corrected chi connectivity index (χ3v) is 1.94. The summed E-state index contributed by atoms with van der Waals surface area (Å²) in [5.41, 5.74) is 1.55. The molecule has 3 heteroatoms. The highest BCUT2D eigenvalue weighted by Gasteiger charge is 2.05. The molecule has 0 fully saturated rings. The van der Waals surface area contributed by atoms with Crippen LogP contribution in [0.4, 0.5) is 0 Å². The maximum Gasteiger partial charge on any atom is 0.163 e. The van der Waals surface area contributed by atoms with Crippen LogP contribution in [-0.2, 0) is 0 Å². The molecule has 0 spiro atoms. The van der Waals surface area contributed by atoms with Crippen molar-refractivity contribution in [2.45, 2.75) is 6.92 Å². The van der Waals surface area contributed by atoms with Crippen LogP contribution in [0.2, 0.25) is 0 Å². The standard InChI is InChI=1S/C11H10N2O/c1-8-6-7-12-11(13-8)9-4-2-3-5-10(9)14/h2-7,14H,1H3. The minimum Gasteiger partial charge on any atom is -0.507 e. The average molecular weight is 186 g/mol. The maximum absolute atomic E-state index is 9.57. The lowest BCUT2D eigenvalue weighted by molar-refractivity contribution is 0.477. The van der Waals surface area contributed by atoms with Crippen LogP contribution in [-0.4, -0.2) is 15.1 Å². The lowest BCUT2D eigenvalue weighted by atomic mass is 10.2. The fraction of sp³-hybridized carbons (Fsp3) is 0.0909. The fourth-order valence-corrected chi connectivity index (χ4v) is 1.24. The molecule has 0 aliphatic carbocycles. The molecule has 70 valence electrons. The Morgan fingerprint density at radius 3 is 2.64 bits per heavy atom. The van der Waals surface area contributed by atoms with Crippen molar-refractivity contribution in [1.82, 2.24) is 9.97 Å². The zero-order valence-electron chi connectivity index (χ0n) is 7.81. The van der Waals surface area contributed by atoms with E-state index in [1.165, 1.54) is 0 Å². The summed E-state index contributed by atoms with van der Waals surface area (Å²) >= 11 is 0. The lowest BCUT2D eigenvalue weighted by Crippen LogP contribution is -1.90. The van der Waals surface area contributed by atoms with Crippen LogP contribution >= 0.6 is 0 Å². The molecule has 1 aromatic heterocycles. The number of para-hydroxylation sites is 1. The normalized spacial score (nSPS) is 10.1. The molecule has 0 radical (unpaired) electrons. The van der Waals surface area contributed by atoms with Gasteiger partial charge in [-0.05, 0) is 25.1 Å². The molecular weight excluding hydrogens is 176 g/mol. The molecule has 0 saturated carbocycles. The van der Waals surface area contributed by atoms with Crippen molar-refractivity contribution in [2.75, 3.05) is 0 Å². The van der Waals surface area contributed by atoms with Crippen LogP contribution in [0.1, 0.15) is 5.69 Å². The van der Waals surface area contributed by atoms with Gasteiger partial charge in [0.1, 0.15) is 5.75 Å². The largest absolute Gasteiger partial charge is 0.507 e. The number of hydrogen-bond donors (Lipinski definition) is 1. The molecule has 1 N–H and O–H groups in total. The van der Waals surface area contributed by atoms with Gasteiger partial charge in [-0.3, -0.25) is 0 Å². The quantitative estimate of drug-likeness (QED) is 0.742. The molecular formula is C11H10N2O. The highest BCUT2D eigenvalue weighted by molar-refractivity contribution is 5.63. The van der Waals surface area contributed by atoms with E-state index in [1.807, 2.05) is 19.1 Å². The van der Waals surface area contributed by atoms with Crippen molar-refractivity contribution < 1.29 is 5.11 Å². The van der Waals surface area contributed by atoms with Crippen LogP contribution < -0.4 is 0 Å². The lowest BCUT2D eigenvalue weighted by Gasteiger charge is -2.02. The summed E-state index contributed by atoms with van der Waals surface area (Å²) in [6.07, 6.45) is 1.68. The van der Waals surface area contributed by atoms with Crippen molar-refractivity contribution in [3.63, 3.8) is 0 Å². The van der Waals surface area contributed by atoms with Gasteiger partial charge in [-0.15, -0.1) is 0 Å². The Labute approximate surface area is 82.1 Å². The molecule has 0 unspecified atom stereocenters. The van der Waals surface area contributed by atoms with Gasteiger partial charge in [0, 0.05) is 11.9 Å². The predicted molar refractivity (Wildman–Crippen MR) is 53.9 cm³/mol. The Morgan fingerprint density at radius 2 is 1.93 bits per heavy atom. The number of hydrogen-bond acceptors (Lipinski definition) is 3. The van der Waals surface area contributed by atoms with Crippen molar-refractivity contribution in [3.8, 4) is 17.1 Å². The third kappa shape index (κ3) is 1.57. The van der Waals surface area contributed by atoms with Crippen LogP contribution in [0.25, 0.3) is 11.4 Å². The molecule has 1 aromatic carbocycles. The van der Waals surface area contributed by atoms with Crippen molar-refractivity contribution in [3.05, 3.63) is 42.2 Å². The van der Waals surface area contributed by atoms with Crippen LogP contribution in [0.3, 0.4) is 0 Å². The van der Waals surface area contributed by atoms with Gasteiger partial charge >= 0.3 is 0 Å². The first-order valence-electron chi connectivity index (χ1n) is 4.35. The van der Waals surface area contributed by atoms with Gasteiger partial charge in [0.2, 0.25) is 0 Å². The zero-order chi connectivity index (χ0) is 9.97. The summed E-state index contributed by atoms with van der Waals surface area (Å²) in [6, 6.07) is 8.87. The number of nitrogens with zero attached hydrogens (tertiary/aromatic N) is 2.